The molecule has 2 nitrogen and oxygen atoms in total. The van der Waals surface area contributed by atoms with Gasteiger partial charge in [0.05, 0.1) is 6.10 Å². The van der Waals surface area contributed by atoms with Crippen molar-refractivity contribution in [3.05, 3.63) is 35.4 Å². The van der Waals surface area contributed by atoms with Crippen LogP contribution in [0, 0.1) is 6.92 Å². The first-order chi connectivity index (χ1) is 9.11. The monoisotopic (exact) mass is 261 g/mol. The van der Waals surface area contributed by atoms with Crippen molar-refractivity contribution in [3.63, 3.8) is 0 Å². The highest BCUT2D eigenvalue weighted by atomic mass is 16.3. The molecule has 0 spiro atoms. The Hall–Kier alpha value is -0.860. The van der Waals surface area contributed by atoms with Crippen LogP contribution in [0.25, 0.3) is 0 Å². The molecule has 1 aliphatic rings. The maximum Gasteiger partial charge on any atom is 0.0802 e. The Morgan fingerprint density at radius 1 is 1.26 bits per heavy atom. The first kappa shape index (κ1) is 14.5. The van der Waals surface area contributed by atoms with Crippen LogP contribution in [0.1, 0.15) is 56.8 Å². The van der Waals surface area contributed by atoms with E-state index in [0.717, 1.165) is 24.6 Å². The van der Waals surface area contributed by atoms with Crippen molar-refractivity contribution in [3.8, 4) is 0 Å². The van der Waals surface area contributed by atoms with Gasteiger partial charge in [0.25, 0.3) is 0 Å². The van der Waals surface area contributed by atoms with Gasteiger partial charge < -0.3 is 5.11 Å². The maximum atomic E-state index is 10.3. The molecule has 19 heavy (non-hydrogen) atoms. The van der Waals surface area contributed by atoms with Crippen molar-refractivity contribution < 1.29 is 5.11 Å². The SMILES string of the molecule is CCC1CCC(C)N1CCC(O)c1ccc(C)cc1. The van der Waals surface area contributed by atoms with E-state index in [1.807, 2.05) is 12.1 Å². The third-order valence-electron chi connectivity index (χ3n) is 4.55. The minimum atomic E-state index is -0.328. The van der Waals surface area contributed by atoms with Crippen LogP contribution in [0.5, 0.6) is 0 Å². The summed E-state index contributed by atoms with van der Waals surface area (Å²) in [6, 6.07) is 9.64. The molecule has 1 aromatic rings. The Balaban J connectivity index is 1.89. The number of rotatable bonds is 5. The summed E-state index contributed by atoms with van der Waals surface area (Å²) >= 11 is 0. The normalized spacial score (nSPS) is 25.7. The number of hydrogen-bond acceptors (Lipinski definition) is 2. The van der Waals surface area contributed by atoms with Gasteiger partial charge in [0, 0.05) is 18.6 Å². The smallest absolute Gasteiger partial charge is 0.0802 e. The number of aliphatic hydroxyl groups excluding tert-OH is 1. The van der Waals surface area contributed by atoms with Crippen LogP contribution in [0.15, 0.2) is 24.3 Å². The molecule has 1 fully saturated rings. The fourth-order valence-electron chi connectivity index (χ4n) is 3.19. The highest BCUT2D eigenvalue weighted by Gasteiger charge is 2.29. The van der Waals surface area contributed by atoms with Crippen molar-refractivity contribution in [2.24, 2.45) is 0 Å². The molecule has 3 unspecified atom stereocenters. The minimum absolute atomic E-state index is 0.328. The third-order valence-corrected chi connectivity index (χ3v) is 4.55. The van der Waals surface area contributed by atoms with Gasteiger partial charge in [-0.1, -0.05) is 36.8 Å². The molecule has 1 aromatic carbocycles. The summed E-state index contributed by atoms with van der Waals surface area (Å²) in [7, 11) is 0. The van der Waals surface area contributed by atoms with Gasteiger partial charge in [0.15, 0.2) is 0 Å². The first-order valence-corrected chi connectivity index (χ1v) is 7.62. The van der Waals surface area contributed by atoms with Crippen molar-refractivity contribution in [1.82, 2.24) is 4.90 Å². The largest absolute Gasteiger partial charge is 0.388 e. The van der Waals surface area contributed by atoms with Crippen LogP contribution < -0.4 is 0 Å². The average Bonchev–Trinajstić information content (AvgIpc) is 2.77. The van der Waals surface area contributed by atoms with E-state index in [9.17, 15) is 5.11 Å². The summed E-state index contributed by atoms with van der Waals surface area (Å²) in [5.41, 5.74) is 2.29. The van der Waals surface area contributed by atoms with E-state index in [1.54, 1.807) is 0 Å². The summed E-state index contributed by atoms with van der Waals surface area (Å²) in [6.07, 6.45) is 4.36. The summed E-state index contributed by atoms with van der Waals surface area (Å²) in [5, 5.41) is 10.3. The Kier molecular flexibility index (Phi) is 5.00. The Bertz CT molecular complexity index is 387. The van der Waals surface area contributed by atoms with E-state index >= 15 is 0 Å². The minimum Gasteiger partial charge on any atom is -0.388 e. The highest BCUT2D eigenvalue weighted by Crippen LogP contribution is 2.27. The second-order valence-electron chi connectivity index (χ2n) is 5.94. The predicted octanol–water partition coefficient (Wildman–Crippen LogP) is 3.68. The van der Waals surface area contributed by atoms with Crippen LogP contribution in [0.3, 0.4) is 0 Å². The molecular weight excluding hydrogens is 234 g/mol. The zero-order valence-corrected chi connectivity index (χ0v) is 12.5. The third kappa shape index (κ3) is 3.58. The molecule has 2 heteroatoms. The molecule has 106 valence electrons. The molecule has 0 amide bonds. The lowest BCUT2D eigenvalue weighted by Crippen LogP contribution is -2.35. The van der Waals surface area contributed by atoms with Gasteiger partial charge in [-0.25, -0.2) is 0 Å². The number of nitrogens with zero attached hydrogens (tertiary/aromatic N) is 1. The molecule has 0 bridgehead atoms. The second kappa shape index (κ2) is 6.53. The highest BCUT2D eigenvalue weighted by molar-refractivity contribution is 5.23. The Labute approximate surface area is 117 Å². The van der Waals surface area contributed by atoms with E-state index < -0.39 is 0 Å². The second-order valence-corrected chi connectivity index (χ2v) is 5.94. The standard InChI is InChI=1S/C17H27NO/c1-4-16-10-7-14(3)18(16)12-11-17(19)15-8-5-13(2)6-9-15/h5-6,8-9,14,16-17,19H,4,7,10-12H2,1-3H3. The lowest BCUT2D eigenvalue weighted by Gasteiger charge is -2.28. The van der Waals surface area contributed by atoms with Crippen LogP contribution in [-0.2, 0) is 0 Å². The summed E-state index contributed by atoms with van der Waals surface area (Å²) in [4.78, 5) is 2.58. The van der Waals surface area contributed by atoms with Gasteiger partial charge >= 0.3 is 0 Å². The Morgan fingerprint density at radius 2 is 1.95 bits per heavy atom. The number of benzene rings is 1. The van der Waals surface area contributed by atoms with E-state index in [4.69, 9.17) is 0 Å². The first-order valence-electron chi connectivity index (χ1n) is 7.62. The molecule has 0 saturated carbocycles. The van der Waals surface area contributed by atoms with Crippen LogP contribution in [0.2, 0.25) is 0 Å². The predicted molar refractivity (Wildman–Crippen MR) is 80.2 cm³/mol. The lowest BCUT2D eigenvalue weighted by atomic mass is 10.0. The van der Waals surface area contributed by atoms with Crippen molar-refractivity contribution in [2.45, 2.75) is 64.6 Å². The van der Waals surface area contributed by atoms with Gasteiger partial charge in [0.2, 0.25) is 0 Å². The van der Waals surface area contributed by atoms with Crippen molar-refractivity contribution >= 4 is 0 Å². The summed E-state index contributed by atoms with van der Waals surface area (Å²) in [5.74, 6) is 0. The fourth-order valence-corrected chi connectivity index (χ4v) is 3.19. The maximum absolute atomic E-state index is 10.3. The van der Waals surface area contributed by atoms with E-state index in [0.29, 0.717) is 6.04 Å². The fraction of sp³-hybridized carbons (Fsp3) is 0.647. The van der Waals surface area contributed by atoms with Crippen molar-refractivity contribution in [1.29, 1.82) is 0 Å². The molecule has 1 heterocycles. The average molecular weight is 261 g/mol. The Morgan fingerprint density at radius 3 is 2.58 bits per heavy atom. The molecule has 0 aliphatic carbocycles. The number of hydrogen-bond donors (Lipinski definition) is 1. The van der Waals surface area contributed by atoms with Gasteiger partial charge in [-0.2, -0.15) is 0 Å². The molecular formula is C17H27NO. The lowest BCUT2D eigenvalue weighted by molar-refractivity contribution is 0.123. The number of aryl methyl sites for hydroxylation is 1. The topological polar surface area (TPSA) is 23.5 Å². The molecule has 0 radical (unpaired) electrons. The van der Waals surface area contributed by atoms with Crippen LogP contribution in [-0.4, -0.2) is 28.6 Å². The molecule has 3 atom stereocenters. The van der Waals surface area contributed by atoms with Gasteiger partial charge in [0.1, 0.15) is 0 Å². The van der Waals surface area contributed by atoms with E-state index in [2.05, 4.69) is 37.8 Å². The summed E-state index contributed by atoms with van der Waals surface area (Å²) in [6.45, 7) is 7.67. The number of aliphatic hydroxyl groups is 1. The van der Waals surface area contributed by atoms with Crippen molar-refractivity contribution in [2.75, 3.05) is 6.54 Å². The van der Waals surface area contributed by atoms with E-state index in [-0.39, 0.29) is 6.10 Å². The van der Waals surface area contributed by atoms with Gasteiger partial charge in [-0.3, -0.25) is 4.90 Å². The molecule has 0 aromatic heterocycles. The molecule has 1 aliphatic heterocycles. The van der Waals surface area contributed by atoms with Crippen LogP contribution in [0.4, 0.5) is 0 Å². The quantitative estimate of drug-likeness (QED) is 0.874. The summed E-state index contributed by atoms with van der Waals surface area (Å²) < 4.78 is 0. The van der Waals surface area contributed by atoms with E-state index in [1.165, 1.54) is 24.8 Å². The molecule has 1 N–H and O–H groups in total. The van der Waals surface area contributed by atoms with Gasteiger partial charge in [-0.15, -0.1) is 0 Å². The number of likely N-dealkylation sites (tertiary alicyclic amines) is 1. The zero-order valence-electron chi connectivity index (χ0n) is 12.5. The zero-order chi connectivity index (χ0) is 13.8. The molecule has 1 saturated heterocycles. The van der Waals surface area contributed by atoms with Crippen LogP contribution >= 0.6 is 0 Å². The van der Waals surface area contributed by atoms with Gasteiger partial charge in [-0.05, 0) is 45.1 Å². The molecule has 2 rings (SSSR count).